The van der Waals surface area contributed by atoms with Crippen molar-refractivity contribution >= 4 is 22.8 Å². The van der Waals surface area contributed by atoms with Crippen molar-refractivity contribution in [2.45, 2.75) is 33.6 Å². The van der Waals surface area contributed by atoms with Gasteiger partial charge in [-0.3, -0.25) is 5.41 Å². The van der Waals surface area contributed by atoms with E-state index < -0.39 is 5.97 Å². The summed E-state index contributed by atoms with van der Waals surface area (Å²) in [4.78, 5) is 11.4. The predicted octanol–water partition coefficient (Wildman–Crippen LogP) is 3.81. The van der Waals surface area contributed by atoms with Crippen LogP contribution in [0.3, 0.4) is 0 Å². The normalized spacial score (nSPS) is 10.8. The Hall–Kier alpha value is -1.29. The van der Waals surface area contributed by atoms with Gasteiger partial charge >= 0.3 is 5.97 Å². The lowest BCUT2D eigenvalue weighted by molar-refractivity contribution is 0.0695. The Bertz CT molecular complexity index is 507. The summed E-state index contributed by atoms with van der Waals surface area (Å²) in [5.41, 5.74) is 3.91. The Kier molecular flexibility index (Phi) is 4.57. The molecule has 0 amide bonds. The number of benzene rings is 1. The summed E-state index contributed by atoms with van der Waals surface area (Å²) in [6, 6.07) is 1.64. The van der Waals surface area contributed by atoms with Crippen molar-refractivity contribution in [1.82, 2.24) is 0 Å². The zero-order chi connectivity index (χ0) is 14.0. The molecule has 0 saturated heterocycles. The molecule has 18 heavy (non-hydrogen) atoms. The molecule has 0 saturated carbocycles. The minimum Gasteiger partial charge on any atom is -0.478 e. The standard InChI is InChI=1S/C14H19NO2S/c1-7(2)12-9(4)8(3)10(13(15)18-5)6-11(12)14(16)17/h6-7,15H,1-5H3,(H,16,17). The average molecular weight is 265 g/mol. The van der Waals surface area contributed by atoms with Crippen LogP contribution in [0.25, 0.3) is 0 Å². The van der Waals surface area contributed by atoms with E-state index in [0.717, 1.165) is 22.3 Å². The van der Waals surface area contributed by atoms with Gasteiger partial charge in [-0.25, -0.2) is 4.79 Å². The van der Waals surface area contributed by atoms with Crippen molar-refractivity contribution in [2.75, 3.05) is 6.26 Å². The van der Waals surface area contributed by atoms with Gasteiger partial charge in [-0.1, -0.05) is 13.8 Å². The molecule has 98 valence electrons. The highest BCUT2D eigenvalue weighted by molar-refractivity contribution is 8.13. The quantitative estimate of drug-likeness (QED) is 0.645. The largest absolute Gasteiger partial charge is 0.478 e. The topological polar surface area (TPSA) is 61.2 Å². The average Bonchev–Trinajstić information content (AvgIpc) is 2.30. The molecule has 1 rings (SSSR count). The molecule has 0 bridgehead atoms. The van der Waals surface area contributed by atoms with E-state index >= 15 is 0 Å². The summed E-state index contributed by atoms with van der Waals surface area (Å²) in [5.74, 6) is -0.760. The number of carboxylic acid groups (broad SMARTS) is 1. The third-order valence-electron chi connectivity index (χ3n) is 3.21. The van der Waals surface area contributed by atoms with Crippen molar-refractivity contribution in [3.63, 3.8) is 0 Å². The van der Waals surface area contributed by atoms with Gasteiger partial charge in [0.05, 0.1) is 10.6 Å². The van der Waals surface area contributed by atoms with E-state index in [9.17, 15) is 9.90 Å². The van der Waals surface area contributed by atoms with Gasteiger partial charge in [0.1, 0.15) is 0 Å². The first-order valence-electron chi connectivity index (χ1n) is 5.81. The Morgan fingerprint density at radius 1 is 1.28 bits per heavy atom. The van der Waals surface area contributed by atoms with Gasteiger partial charge in [0, 0.05) is 5.56 Å². The second-order valence-electron chi connectivity index (χ2n) is 4.63. The molecule has 0 aliphatic rings. The highest BCUT2D eigenvalue weighted by atomic mass is 32.2. The number of carbonyl (C=O) groups is 1. The van der Waals surface area contributed by atoms with Crippen molar-refractivity contribution in [3.8, 4) is 0 Å². The molecule has 0 aromatic heterocycles. The summed E-state index contributed by atoms with van der Waals surface area (Å²) in [6.07, 6.45) is 1.83. The van der Waals surface area contributed by atoms with Gasteiger partial charge in [0.2, 0.25) is 0 Å². The van der Waals surface area contributed by atoms with Crippen molar-refractivity contribution in [2.24, 2.45) is 0 Å². The van der Waals surface area contributed by atoms with Gasteiger partial charge in [-0.05, 0) is 48.8 Å². The number of carboxylic acids is 1. The third-order valence-corrected chi connectivity index (χ3v) is 3.83. The van der Waals surface area contributed by atoms with Crippen LogP contribution in [0.2, 0.25) is 0 Å². The maximum atomic E-state index is 11.4. The molecule has 2 N–H and O–H groups in total. The molecule has 0 aliphatic carbocycles. The van der Waals surface area contributed by atoms with E-state index in [2.05, 4.69) is 0 Å². The first kappa shape index (κ1) is 14.8. The van der Waals surface area contributed by atoms with Crippen LogP contribution in [0.15, 0.2) is 6.07 Å². The maximum absolute atomic E-state index is 11.4. The van der Waals surface area contributed by atoms with E-state index in [1.807, 2.05) is 34.0 Å². The fourth-order valence-electron chi connectivity index (χ4n) is 2.20. The van der Waals surface area contributed by atoms with Gasteiger partial charge in [0.25, 0.3) is 0 Å². The highest BCUT2D eigenvalue weighted by Gasteiger charge is 2.20. The van der Waals surface area contributed by atoms with E-state index in [4.69, 9.17) is 5.41 Å². The Morgan fingerprint density at radius 2 is 1.83 bits per heavy atom. The lowest BCUT2D eigenvalue weighted by atomic mass is 9.87. The Balaban J connectivity index is 3.64. The monoisotopic (exact) mass is 265 g/mol. The van der Waals surface area contributed by atoms with E-state index in [1.165, 1.54) is 11.8 Å². The molecule has 0 spiro atoms. The van der Waals surface area contributed by atoms with Crippen molar-refractivity contribution in [3.05, 3.63) is 33.9 Å². The Labute approximate surface area is 112 Å². The third kappa shape index (κ3) is 2.58. The van der Waals surface area contributed by atoms with Crippen LogP contribution in [0.5, 0.6) is 0 Å². The molecular weight excluding hydrogens is 246 g/mol. The number of thioether (sulfide) groups is 1. The first-order chi connectivity index (χ1) is 8.31. The van der Waals surface area contributed by atoms with Crippen LogP contribution in [-0.2, 0) is 0 Å². The number of rotatable bonds is 3. The van der Waals surface area contributed by atoms with E-state index in [-0.39, 0.29) is 5.92 Å². The zero-order valence-corrected chi connectivity index (χ0v) is 12.2. The molecule has 4 heteroatoms. The van der Waals surface area contributed by atoms with Crippen molar-refractivity contribution < 1.29 is 9.90 Å². The molecule has 1 aromatic rings. The lowest BCUT2D eigenvalue weighted by Crippen LogP contribution is -2.11. The number of aromatic carboxylic acids is 1. The van der Waals surface area contributed by atoms with Crippen LogP contribution in [0.1, 0.15) is 52.4 Å². The molecule has 1 aromatic carbocycles. The highest BCUT2D eigenvalue weighted by Crippen LogP contribution is 2.30. The minimum atomic E-state index is -0.919. The SMILES string of the molecule is CSC(=N)c1cc(C(=O)O)c(C(C)C)c(C)c1C. The van der Waals surface area contributed by atoms with Crippen LogP contribution in [0, 0.1) is 19.3 Å². The maximum Gasteiger partial charge on any atom is 0.336 e. The van der Waals surface area contributed by atoms with Crippen LogP contribution in [0.4, 0.5) is 0 Å². The van der Waals surface area contributed by atoms with Gasteiger partial charge in [-0.2, -0.15) is 0 Å². The number of hydrogen-bond donors (Lipinski definition) is 2. The summed E-state index contributed by atoms with van der Waals surface area (Å²) < 4.78 is 0. The summed E-state index contributed by atoms with van der Waals surface area (Å²) >= 11 is 1.33. The molecule has 0 unspecified atom stereocenters. The first-order valence-corrected chi connectivity index (χ1v) is 7.04. The molecule has 0 aliphatic heterocycles. The second-order valence-corrected chi connectivity index (χ2v) is 5.44. The number of nitrogens with one attached hydrogen (secondary N) is 1. The zero-order valence-electron chi connectivity index (χ0n) is 11.4. The fraction of sp³-hybridized carbons (Fsp3) is 0.429. The van der Waals surface area contributed by atoms with Crippen LogP contribution in [-0.4, -0.2) is 22.4 Å². The van der Waals surface area contributed by atoms with E-state index in [1.54, 1.807) is 6.07 Å². The molecule has 0 atom stereocenters. The predicted molar refractivity (Wildman–Crippen MR) is 77.3 cm³/mol. The summed E-state index contributed by atoms with van der Waals surface area (Å²) in [6.45, 7) is 7.88. The molecule has 0 radical (unpaired) electrons. The minimum absolute atomic E-state index is 0.160. The van der Waals surface area contributed by atoms with Gasteiger partial charge < -0.3 is 5.11 Å². The van der Waals surface area contributed by atoms with Crippen LogP contribution >= 0.6 is 11.8 Å². The van der Waals surface area contributed by atoms with Gasteiger partial charge in [-0.15, -0.1) is 11.8 Å². The smallest absolute Gasteiger partial charge is 0.336 e. The Morgan fingerprint density at radius 3 is 2.22 bits per heavy atom. The second kappa shape index (κ2) is 5.57. The van der Waals surface area contributed by atoms with Gasteiger partial charge in [0.15, 0.2) is 0 Å². The molecule has 0 fully saturated rings. The number of hydrogen-bond acceptors (Lipinski definition) is 3. The van der Waals surface area contributed by atoms with Crippen molar-refractivity contribution in [1.29, 1.82) is 5.41 Å². The summed E-state index contributed by atoms with van der Waals surface area (Å²) in [7, 11) is 0. The molecular formula is C14H19NO2S. The van der Waals surface area contributed by atoms with E-state index in [0.29, 0.717) is 10.6 Å². The lowest BCUT2D eigenvalue weighted by Gasteiger charge is -2.19. The molecule has 0 heterocycles. The van der Waals surface area contributed by atoms with Crippen LogP contribution < -0.4 is 0 Å². The summed E-state index contributed by atoms with van der Waals surface area (Å²) in [5, 5.41) is 17.6. The molecule has 3 nitrogen and oxygen atoms in total. The fourth-order valence-corrected chi connectivity index (χ4v) is 2.64.